The van der Waals surface area contributed by atoms with E-state index in [4.69, 9.17) is 0 Å². The average molecular weight is 237 g/mol. The zero-order valence-corrected chi connectivity index (χ0v) is 12.1. The molecule has 0 amide bonds. The van der Waals surface area contributed by atoms with Crippen molar-refractivity contribution in [3.8, 4) is 0 Å². The first kappa shape index (κ1) is 14.2. The lowest BCUT2D eigenvalue weighted by Gasteiger charge is -2.19. The highest BCUT2D eigenvalue weighted by Gasteiger charge is 2.19. The van der Waals surface area contributed by atoms with Gasteiger partial charge in [-0.05, 0) is 31.1 Å². The van der Waals surface area contributed by atoms with Crippen LogP contribution in [0.1, 0.15) is 65.3 Å². The Balaban J connectivity index is 2.89. The number of aryl methyl sites for hydroxylation is 2. The summed E-state index contributed by atoms with van der Waals surface area (Å²) >= 11 is 0. The largest absolute Gasteiger partial charge is 0.249 e. The molecule has 1 heterocycles. The van der Waals surface area contributed by atoms with Gasteiger partial charge in [0.05, 0.1) is 11.4 Å². The van der Waals surface area contributed by atoms with E-state index in [-0.39, 0.29) is 0 Å². The fourth-order valence-electron chi connectivity index (χ4n) is 1.99. The standard InChI is InChI=1S/C14H27N3/c1-6-8-9-12-13(11-14(3,4)5)17(10-7-2)16-15-12/h6-11H2,1-5H3. The van der Waals surface area contributed by atoms with Crippen molar-refractivity contribution in [3.63, 3.8) is 0 Å². The van der Waals surface area contributed by atoms with Crippen molar-refractivity contribution in [2.45, 2.75) is 73.3 Å². The van der Waals surface area contributed by atoms with Gasteiger partial charge < -0.3 is 0 Å². The molecule has 3 nitrogen and oxygen atoms in total. The SMILES string of the molecule is CCCCc1nnn(CCC)c1CC(C)(C)C. The van der Waals surface area contributed by atoms with Gasteiger partial charge in [0.1, 0.15) is 0 Å². The fourth-order valence-corrected chi connectivity index (χ4v) is 1.99. The smallest absolute Gasteiger partial charge is 0.0859 e. The Morgan fingerprint density at radius 2 is 1.82 bits per heavy atom. The van der Waals surface area contributed by atoms with Gasteiger partial charge in [0.15, 0.2) is 0 Å². The van der Waals surface area contributed by atoms with Crippen LogP contribution in [0.5, 0.6) is 0 Å². The van der Waals surface area contributed by atoms with Gasteiger partial charge in [-0.15, -0.1) is 5.10 Å². The van der Waals surface area contributed by atoms with Crippen molar-refractivity contribution >= 4 is 0 Å². The predicted molar refractivity (Wildman–Crippen MR) is 72.1 cm³/mol. The van der Waals surface area contributed by atoms with Crippen LogP contribution in [0.2, 0.25) is 0 Å². The van der Waals surface area contributed by atoms with Crippen molar-refractivity contribution in [3.05, 3.63) is 11.4 Å². The third-order valence-corrected chi connectivity index (χ3v) is 2.82. The molecule has 1 aromatic rings. The molecule has 0 aromatic carbocycles. The number of hydrogen-bond donors (Lipinski definition) is 0. The Morgan fingerprint density at radius 1 is 1.12 bits per heavy atom. The van der Waals surface area contributed by atoms with E-state index in [1.165, 1.54) is 24.2 Å². The van der Waals surface area contributed by atoms with Crippen LogP contribution in [-0.4, -0.2) is 15.0 Å². The maximum absolute atomic E-state index is 4.37. The first-order valence-corrected chi connectivity index (χ1v) is 6.89. The third-order valence-electron chi connectivity index (χ3n) is 2.82. The number of unbranched alkanes of at least 4 members (excludes halogenated alkanes) is 1. The second kappa shape index (κ2) is 6.18. The van der Waals surface area contributed by atoms with Crippen LogP contribution in [0.4, 0.5) is 0 Å². The first-order valence-electron chi connectivity index (χ1n) is 6.89. The number of aromatic nitrogens is 3. The zero-order valence-electron chi connectivity index (χ0n) is 12.1. The van der Waals surface area contributed by atoms with E-state index in [2.05, 4.69) is 49.6 Å². The fraction of sp³-hybridized carbons (Fsp3) is 0.857. The van der Waals surface area contributed by atoms with Crippen LogP contribution in [0, 0.1) is 5.41 Å². The molecule has 17 heavy (non-hydrogen) atoms. The Bertz CT molecular complexity index is 334. The monoisotopic (exact) mass is 237 g/mol. The molecule has 0 bridgehead atoms. The van der Waals surface area contributed by atoms with Crippen molar-refractivity contribution in [1.82, 2.24) is 15.0 Å². The van der Waals surface area contributed by atoms with E-state index in [1.807, 2.05) is 0 Å². The van der Waals surface area contributed by atoms with E-state index in [9.17, 15) is 0 Å². The lowest BCUT2D eigenvalue weighted by Crippen LogP contribution is -2.15. The minimum Gasteiger partial charge on any atom is -0.249 e. The molecule has 0 atom stereocenters. The molecule has 1 rings (SSSR count). The molecule has 0 aliphatic carbocycles. The Labute approximate surface area is 106 Å². The number of hydrogen-bond acceptors (Lipinski definition) is 2. The molecule has 0 fully saturated rings. The molecule has 0 aliphatic heterocycles. The van der Waals surface area contributed by atoms with Crippen LogP contribution < -0.4 is 0 Å². The molecule has 0 N–H and O–H groups in total. The average Bonchev–Trinajstić information content (AvgIpc) is 2.57. The Hall–Kier alpha value is -0.860. The molecule has 3 heteroatoms. The lowest BCUT2D eigenvalue weighted by molar-refractivity contribution is 0.389. The minimum atomic E-state index is 0.300. The van der Waals surface area contributed by atoms with Gasteiger partial charge in [0, 0.05) is 6.54 Å². The summed E-state index contributed by atoms with van der Waals surface area (Å²) in [6.07, 6.45) is 5.69. The summed E-state index contributed by atoms with van der Waals surface area (Å²) in [5.41, 5.74) is 2.87. The summed E-state index contributed by atoms with van der Waals surface area (Å²) in [4.78, 5) is 0. The summed E-state index contributed by atoms with van der Waals surface area (Å²) in [6.45, 7) is 12.2. The Kier molecular flexibility index (Phi) is 5.16. The van der Waals surface area contributed by atoms with Crippen LogP contribution >= 0.6 is 0 Å². The molecule has 0 radical (unpaired) electrons. The molecule has 1 aromatic heterocycles. The van der Waals surface area contributed by atoms with Crippen LogP contribution in [-0.2, 0) is 19.4 Å². The number of nitrogens with zero attached hydrogens (tertiary/aromatic N) is 3. The maximum atomic E-state index is 4.37. The van der Waals surface area contributed by atoms with Crippen LogP contribution in [0.3, 0.4) is 0 Å². The summed E-state index contributed by atoms with van der Waals surface area (Å²) in [7, 11) is 0. The van der Waals surface area contributed by atoms with E-state index in [0.717, 1.165) is 25.8 Å². The first-order chi connectivity index (χ1) is 7.98. The van der Waals surface area contributed by atoms with E-state index >= 15 is 0 Å². The van der Waals surface area contributed by atoms with E-state index < -0.39 is 0 Å². The van der Waals surface area contributed by atoms with Gasteiger partial charge in [-0.1, -0.05) is 46.3 Å². The van der Waals surface area contributed by atoms with Crippen molar-refractivity contribution in [2.75, 3.05) is 0 Å². The molecule has 0 spiro atoms. The van der Waals surface area contributed by atoms with Gasteiger partial charge >= 0.3 is 0 Å². The van der Waals surface area contributed by atoms with Crippen molar-refractivity contribution in [1.29, 1.82) is 0 Å². The van der Waals surface area contributed by atoms with Crippen LogP contribution in [0.25, 0.3) is 0 Å². The summed E-state index contributed by atoms with van der Waals surface area (Å²) in [5, 5.41) is 8.68. The van der Waals surface area contributed by atoms with E-state index in [0.29, 0.717) is 5.41 Å². The van der Waals surface area contributed by atoms with Crippen molar-refractivity contribution in [2.24, 2.45) is 5.41 Å². The second-order valence-corrected chi connectivity index (χ2v) is 6.05. The predicted octanol–water partition coefficient (Wildman–Crippen LogP) is 3.62. The molecule has 0 saturated heterocycles. The zero-order chi connectivity index (χ0) is 12.9. The second-order valence-electron chi connectivity index (χ2n) is 6.05. The van der Waals surface area contributed by atoms with Gasteiger partial charge in [-0.25, -0.2) is 4.68 Å². The Morgan fingerprint density at radius 3 is 2.35 bits per heavy atom. The highest BCUT2D eigenvalue weighted by molar-refractivity contribution is 5.12. The summed E-state index contributed by atoms with van der Waals surface area (Å²) < 4.78 is 2.11. The highest BCUT2D eigenvalue weighted by atomic mass is 15.4. The normalized spacial score (nSPS) is 12.1. The molecular weight excluding hydrogens is 210 g/mol. The minimum absolute atomic E-state index is 0.300. The van der Waals surface area contributed by atoms with Gasteiger partial charge in [-0.2, -0.15) is 0 Å². The summed E-state index contributed by atoms with van der Waals surface area (Å²) in [5.74, 6) is 0. The molecule has 0 aliphatic rings. The van der Waals surface area contributed by atoms with Gasteiger partial charge in [0.2, 0.25) is 0 Å². The summed E-state index contributed by atoms with van der Waals surface area (Å²) in [6, 6.07) is 0. The van der Waals surface area contributed by atoms with Crippen molar-refractivity contribution < 1.29 is 0 Å². The molecule has 0 unspecified atom stereocenters. The molecule has 0 saturated carbocycles. The quantitative estimate of drug-likeness (QED) is 0.756. The third kappa shape index (κ3) is 4.49. The van der Waals surface area contributed by atoms with Gasteiger partial charge in [0.25, 0.3) is 0 Å². The maximum Gasteiger partial charge on any atom is 0.0859 e. The molecular formula is C14H27N3. The number of rotatable bonds is 6. The van der Waals surface area contributed by atoms with E-state index in [1.54, 1.807) is 0 Å². The lowest BCUT2D eigenvalue weighted by atomic mass is 9.89. The van der Waals surface area contributed by atoms with Gasteiger partial charge in [-0.3, -0.25) is 0 Å². The van der Waals surface area contributed by atoms with Crippen LogP contribution in [0.15, 0.2) is 0 Å². The topological polar surface area (TPSA) is 30.7 Å². The molecule has 98 valence electrons. The highest BCUT2D eigenvalue weighted by Crippen LogP contribution is 2.23.